The van der Waals surface area contributed by atoms with Crippen molar-refractivity contribution in [2.45, 2.75) is 52.5 Å². The van der Waals surface area contributed by atoms with Crippen LogP contribution in [0.15, 0.2) is 0 Å². The fraction of sp³-hybridized carbons (Fsp3) is 0.875. The van der Waals surface area contributed by atoms with E-state index in [0.29, 0.717) is 11.8 Å². The van der Waals surface area contributed by atoms with Gasteiger partial charge in [0.1, 0.15) is 6.04 Å². The Hall–Kier alpha value is -0.710. The van der Waals surface area contributed by atoms with Crippen LogP contribution < -0.4 is 0 Å². The Morgan fingerprint density at radius 1 is 1.19 bits per heavy atom. The predicted molar refractivity (Wildman–Crippen MR) is 87.0 cm³/mol. The van der Waals surface area contributed by atoms with Gasteiger partial charge in [-0.25, -0.2) is 0 Å². The third-order valence-corrected chi connectivity index (χ3v) is 5.89. The highest BCUT2D eigenvalue weighted by molar-refractivity contribution is 7.99. The SMILES string of the molecule is CCC(CC)C(=O)N1CSCC1C(=O)N1CCC(C)CC1. The van der Waals surface area contributed by atoms with Crippen molar-refractivity contribution in [3.8, 4) is 0 Å². The van der Waals surface area contributed by atoms with Crippen LogP contribution in [-0.2, 0) is 9.59 Å². The highest BCUT2D eigenvalue weighted by Gasteiger charge is 2.39. The highest BCUT2D eigenvalue weighted by Crippen LogP contribution is 2.27. The predicted octanol–water partition coefficient (Wildman–Crippen LogP) is 2.58. The lowest BCUT2D eigenvalue weighted by Crippen LogP contribution is -2.52. The minimum absolute atomic E-state index is 0.0698. The average Bonchev–Trinajstić information content (AvgIpc) is 2.97. The molecule has 0 spiro atoms. The van der Waals surface area contributed by atoms with Crippen LogP contribution >= 0.6 is 11.8 Å². The summed E-state index contributed by atoms with van der Waals surface area (Å²) >= 11 is 1.71. The highest BCUT2D eigenvalue weighted by atomic mass is 32.2. The summed E-state index contributed by atoms with van der Waals surface area (Å²) in [7, 11) is 0. The molecule has 0 radical (unpaired) electrons. The van der Waals surface area contributed by atoms with Gasteiger partial charge in [0.2, 0.25) is 11.8 Å². The van der Waals surface area contributed by atoms with Crippen molar-refractivity contribution in [2.75, 3.05) is 24.7 Å². The summed E-state index contributed by atoms with van der Waals surface area (Å²) in [4.78, 5) is 29.2. The van der Waals surface area contributed by atoms with Gasteiger partial charge in [0, 0.05) is 24.8 Å². The first-order valence-corrected chi connectivity index (χ1v) is 9.40. The van der Waals surface area contributed by atoms with Crippen LogP contribution in [0.25, 0.3) is 0 Å². The van der Waals surface area contributed by atoms with Gasteiger partial charge in [-0.2, -0.15) is 0 Å². The number of thioether (sulfide) groups is 1. The molecule has 120 valence electrons. The maximum atomic E-state index is 12.7. The molecule has 1 atom stereocenters. The van der Waals surface area contributed by atoms with Gasteiger partial charge < -0.3 is 9.80 Å². The lowest BCUT2D eigenvalue weighted by molar-refractivity contribution is -0.146. The second-order valence-electron chi connectivity index (χ2n) is 6.34. The molecular formula is C16H28N2O2S. The van der Waals surface area contributed by atoms with E-state index in [0.717, 1.165) is 44.5 Å². The minimum Gasteiger partial charge on any atom is -0.341 e. The van der Waals surface area contributed by atoms with Gasteiger partial charge in [-0.3, -0.25) is 9.59 Å². The first-order chi connectivity index (χ1) is 10.1. The molecular weight excluding hydrogens is 284 g/mol. The molecule has 21 heavy (non-hydrogen) atoms. The Labute approximate surface area is 132 Å². The Balaban J connectivity index is 2.01. The Morgan fingerprint density at radius 2 is 1.81 bits per heavy atom. The molecule has 4 nitrogen and oxygen atoms in total. The first-order valence-electron chi connectivity index (χ1n) is 8.25. The molecule has 2 saturated heterocycles. The number of piperidine rings is 1. The lowest BCUT2D eigenvalue weighted by Gasteiger charge is -2.35. The zero-order chi connectivity index (χ0) is 15.4. The normalized spacial score (nSPS) is 23.9. The summed E-state index contributed by atoms with van der Waals surface area (Å²) in [6.45, 7) is 8.06. The quantitative estimate of drug-likeness (QED) is 0.801. The van der Waals surface area contributed by atoms with E-state index >= 15 is 0 Å². The van der Waals surface area contributed by atoms with E-state index in [9.17, 15) is 9.59 Å². The van der Waals surface area contributed by atoms with E-state index in [-0.39, 0.29) is 23.8 Å². The third kappa shape index (κ3) is 3.74. The summed E-state index contributed by atoms with van der Waals surface area (Å²) in [5, 5.41) is 0. The molecule has 5 heteroatoms. The largest absolute Gasteiger partial charge is 0.341 e. The van der Waals surface area contributed by atoms with Crippen LogP contribution in [0.5, 0.6) is 0 Å². The van der Waals surface area contributed by atoms with Crippen molar-refractivity contribution in [1.29, 1.82) is 0 Å². The standard InChI is InChI=1S/C16H28N2O2S/c1-4-13(5-2)15(19)18-11-21-10-14(18)16(20)17-8-6-12(3)7-9-17/h12-14H,4-11H2,1-3H3. The van der Waals surface area contributed by atoms with Crippen LogP contribution in [-0.4, -0.2) is 52.4 Å². The summed E-state index contributed by atoms with van der Waals surface area (Å²) in [6.07, 6.45) is 3.90. The fourth-order valence-electron chi connectivity index (χ4n) is 3.18. The van der Waals surface area contributed by atoms with E-state index in [1.54, 1.807) is 11.8 Å². The van der Waals surface area contributed by atoms with Gasteiger partial charge in [-0.1, -0.05) is 20.8 Å². The zero-order valence-electron chi connectivity index (χ0n) is 13.5. The molecule has 1 unspecified atom stereocenters. The zero-order valence-corrected chi connectivity index (χ0v) is 14.3. The fourth-order valence-corrected chi connectivity index (χ4v) is 4.33. The van der Waals surface area contributed by atoms with E-state index in [2.05, 4.69) is 20.8 Å². The van der Waals surface area contributed by atoms with Crippen molar-refractivity contribution in [3.63, 3.8) is 0 Å². The third-order valence-electron chi connectivity index (χ3n) is 4.88. The molecule has 0 bridgehead atoms. The molecule has 0 aromatic carbocycles. The smallest absolute Gasteiger partial charge is 0.246 e. The summed E-state index contributed by atoms with van der Waals surface area (Å²) in [5.74, 6) is 2.57. The Morgan fingerprint density at radius 3 is 2.38 bits per heavy atom. The molecule has 0 N–H and O–H groups in total. The Bertz CT molecular complexity index is 376. The second-order valence-corrected chi connectivity index (χ2v) is 7.34. The van der Waals surface area contributed by atoms with E-state index in [1.807, 2.05) is 9.80 Å². The minimum atomic E-state index is -0.225. The van der Waals surface area contributed by atoms with Gasteiger partial charge in [0.05, 0.1) is 5.88 Å². The van der Waals surface area contributed by atoms with Crippen molar-refractivity contribution >= 4 is 23.6 Å². The number of hydrogen-bond acceptors (Lipinski definition) is 3. The maximum Gasteiger partial charge on any atom is 0.246 e. The van der Waals surface area contributed by atoms with Crippen molar-refractivity contribution in [1.82, 2.24) is 9.80 Å². The van der Waals surface area contributed by atoms with Crippen LogP contribution in [0.3, 0.4) is 0 Å². The van der Waals surface area contributed by atoms with Gasteiger partial charge >= 0.3 is 0 Å². The van der Waals surface area contributed by atoms with Crippen LogP contribution in [0.1, 0.15) is 46.5 Å². The molecule has 2 aliphatic rings. The maximum absolute atomic E-state index is 12.7. The van der Waals surface area contributed by atoms with Gasteiger partial charge in [0.25, 0.3) is 0 Å². The number of likely N-dealkylation sites (tertiary alicyclic amines) is 1. The monoisotopic (exact) mass is 312 g/mol. The average molecular weight is 312 g/mol. The molecule has 2 amide bonds. The second kappa shape index (κ2) is 7.52. The number of carbonyl (C=O) groups is 2. The molecule has 0 saturated carbocycles. The molecule has 0 aromatic rings. The van der Waals surface area contributed by atoms with Gasteiger partial charge in [-0.05, 0) is 31.6 Å². The molecule has 2 aliphatic heterocycles. The summed E-state index contributed by atoms with van der Waals surface area (Å²) in [5.41, 5.74) is 0. The molecule has 0 aliphatic carbocycles. The van der Waals surface area contributed by atoms with Crippen molar-refractivity contribution in [3.05, 3.63) is 0 Å². The van der Waals surface area contributed by atoms with E-state index in [4.69, 9.17) is 0 Å². The Kier molecular flexibility index (Phi) is 5.97. The van der Waals surface area contributed by atoms with Crippen LogP contribution in [0.2, 0.25) is 0 Å². The topological polar surface area (TPSA) is 40.6 Å². The molecule has 2 heterocycles. The van der Waals surface area contributed by atoms with Gasteiger partial charge in [0.15, 0.2) is 0 Å². The van der Waals surface area contributed by atoms with E-state index < -0.39 is 0 Å². The number of hydrogen-bond donors (Lipinski definition) is 0. The van der Waals surface area contributed by atoms with Gasteiger partial charge in [-0.15, -0.1) is 11.8 Å². The number of carbonyl (C=O) groups excluding carboxylic acids is 2. The van der Waals surface area contributed by atoms with E-state index in [1.165, 1.54) is 0 Å². The molecule has 2 rings (SSSR count). The van der Waals surface area contributed by atoms with Crippen LogP contribution in [0.4, 0.5) is 0 Å². The number of nitrogens with zero attached hydrogens (tertiary/aromatic N) is 2. The molecule has 0 aromatic heterocycles. The summed E-state index contributed by atoms with van der Waals surface area (Å²) in [6, 6.07) is -0.225. The molecule has 2 fully saturated rings. The summed E-state index contributed by atoms with van der Waals surface area (Å²) < 4.78 is 0. The van der Waals surface area contributed by atoms with Crippen molar-refractivity contribution in [2.24, 2.45) is 11.8 Å². The van der Waals surface area contributed by atoms with Crippen LogP contribution in [0, 0.1) is 11.8 Å². The van der Waals surface area contributed by atoms with Crippen molar-refractivity contribution < 1.29 is 9.59 Å². The number of rotatable bonds is 4. The number of amides is 2. The lowest BCUT2D eigenvalue weighted by atomic mass is 9.98. The first kappa shape index (κ1) is 16.7.